The van der Waals surface area contributed by atoms with Crippen LogP contribution >= 0.6 is 0 Å². The minimum Gasteiger partial charge on any atom is -0.368 e. The monoisotopic (exact) mass is 239 g/mol. The number of hydrogen-bond acceptors (Lipinski definition) is 5. The Kier molecular flexibility index (Phi) is 4.50. The van der Waals surface area contributed by atoms with Crippen LogP contribution in [-0.4, -0.2) is 29.3 Å². The van der Waals surface area contributed by atoms with Crippen molar-refractivity contribution in [1.29, 1.82) is 0 Å². The van der Waals surface area contributed by atoms with Crippen LogP contribution in [0.2, 0.25) is 0 Å². The third kappa shape index (κ3) is 3.26. The second kappa shape index (κ2) is 6.12. The fourth-order valence-corrected chi connectivity index (χ4v) is 2.30. The molecule has 0 radical (unpaired) electrons. The molecule has 0 amide bonds. The third-order valence-corrected chi connectivity index (χ3v) is 3.31. The number of likely N-dealkylation sites (N-methyl/N-ethyl adjacent to an activating group) is 1. The van der Waals surface area contributed by atoms with Crippen molar-refractivity contribution in [3.05, 3.63) is 11.7 Å². The average molecular weight is 239 g/mol. The molecule has 1 aliphatic carbocycles. The van der Waals surface area contributed by atoms with Crippen molar-refractivity contribution in [3.8, 4) is 0 Å². The normalized spacial score (nSPS) is 25.1. The Balaban J connectivity index is 1.83. The van der Waals surface area contributed by atoms with Gasteiger partial charge in [0.2, 0.25) is 5.89 Å². The van der Waals surface area contributed by atoms with E-state index in [2.05, 4.69) is 15.5 Å². The van der Waals surface area contributed by atoms with Gasteiger partial charge in [0.15, 0.2) is 5.82 Å². The van der Waals surface area contributed by atoms with E-state index in [9.17, 15) is 0 Å². The van der Waals surface area contributed by atoms with Crippen LogP contribution in [0.25, 0.3) is 0 Å². The quantitative estimate of drug-likeness (QED) is 0.847. The van der Waals surface area contributed by atoms with Gasteiger partial charge in [-0.25, -0.2) is 0 Å². The highest BCUT2D eigenvalue weighted by Crippen LogP contribution is 2.21. The van der Waals surface area contributed by atoms with Crippen molar-refractivity contribution < 1.29 is 9.26 Å². The molecular weight excluding hydrogens is 218 g/mol. The summed E-state index contributed by atoms with van der Waals surface area (Å²) in [5.74, 6) is 1.33. The summed E-state index contributed by atoms with van der Waals surface area (Å²) < 4.78 is 10.9. The summed E-state index contributed by atoms with van der Waals surface area (Å²) in [5, 5.41) is 7.21. The molecule has 1 aliphatic rings. The van der Waals surface area contributed by atoms with Crippen LogP contribution in [0.5, 0.6) is 0 Å². The first-order chi connectivity index (χ1) is 8.33. The second-order valence-electron chi connectivity index (χ2n) is 4.49. The molecule has 1 heterocycles. The summed E-state index contributed by atoms with van der Waals surface area (Å²) in [6.07, 6.45) is 5.88. The van der Waals surface area contributed by atoms with Crippen molar-refractivity contribution in [2.45, 2.75) is 57.8 Å². The molecule has 96 valence electrons. The Labute approximate surface area is 102 Å². The Bertz CT molecular complexity index is 340. The highest BCUT2D eigenvalue weighted by molar-refractivity contribution is 4.85. The van der Waals surface area contributed by atoms with E-state index in [-0.39, 0.29) is 6.10 Å². The van der Waals surface area contributed by atoms with E-state index in [1.807, 2.05) is 14.0 Å². The Morgan fingerprint density at radius 3 is 2.94 bits per heavy atom. The van der Waals surface area contributed by atoms with E-state index in [0.29, 0.717) is 24.4 Å². The van der Waals surface area contributed by atoms with E-state index in [0.717, 1.165) is 12.8 Å². The lowest BCUT2D eigenvalue weighted by Crippen LogP contribution is -2.41. The lowest BCUT2D eigenvalue weighted by molar-refractivity contribution is -0.00715. The molecule has 17 heavy (non-hydrogen) atoms. The minimum absolute atomic E-state index is 0.275. The largest absolute Gasteiger partial charge is 0.368 e. The number of hydrogen-bond donors (Lipinski definition) is 1. The number of rotatable bonds is 5. The number of aryl methyl sites for hydroxylation is 1. The molecule has 5 heteroatoms. The summed E-state index contributed by atoms with van der Waals surface area (Å²) in [7, 11) is 2.00. The minimum atomic E-state index is 0.275. The zero-order chi connectivity index (χ0) is 12.1. The number of aromatic nitrogens is 2. The van der Waals surface area contributed by atoms with Crippen molar-refractivity contribution in [1.82, 2.24) is 15.5 Å². The van der Waals surface area contributed by atoms with Gasteiger partial charge in [0.1, 0.15) is 6.61 Å². The van der Waals surface area contributed by atoms with Crippen LogP contribution in [0, 0.1) is 0 Å². The zero-order valence-corrected chi connectivity index (χ0v) is 10.6. The highest BCUT2D eigenvalue weighted by atomic mass is 16.5. The maximum absolute atomic E-state index is 5.88. The predicted molar refractivity (Wildman–Crippen MR) is 63.6 cm³/mol. The molecule has 0 aromatic carbocycles. The topological polar surface area (TPSA) is 60.2 Å². The Morgan fingerprint density at radius 1 is 1.41 bits per heavy atom. The second-order valence-corrected chi connectivity index (χ2v) is 4.49. The third-order valence-electron chi connectivity index (χ3n) is 3.31. The molecular formula is C12H21N3O2. The van der Waals surface area contributed by atoms with E-state index in [4.69, 9.17) is 9.26 Å². The van der Waals surface area contributed by atoms with Crippen LogP contribution in [0.1, 0.15) is 44.3 Å². The van der Waals surface area contributed by atoms with Gasteiger partial charge in [-0.2, -0.15) is 4.98 Å². The summed E-state index contributed by atoms with van der Waals surface area (Å²) in [6.45, 7) is 2.45. The number of ether oxygens (including phenoxy) is 1. The molecule has 0 spiro atoms. The molecule has 5 nitrogen and oxygen atoms in total. The predicted octanol–water partition coefficient (Wildman–Crippen LogP) is 1.68. The zero-order valence-electron chi connectivity index (χ0n) is 10.6. The van der Waals surface area contributed by atoms with E-state index >= 15 is 0 Å². The lowest BCUT2D eigenvalue weighted by Gasteiger charge is -2.30. The van der Waals surface area contributed by atoms with Crippen LogP contribution in [0.4, 0.5) is 0 Å². The molecule has 1 saturated carbocycles. The average Bonchev–Trinajstić information content (AvgIpc) is 2.84. The first kappa shape index (κ1) is 12.5. The van der Waals surface area contributed by atoms with Gasteiger partial charge < -0.3 is 14.6 Å². The molecule has 1 N–H and O–H groups in total. The fourth-order valence-electron chi connectivity index (χ4n) is 2.30. The van der Waals surface area contributed by atoms with Gasteiger partial charge in [0.25, 0.3) is 0 Å². The maximum atomic E-state index is 5.88. The SMILES string of the molecule is CCc1nc(COC2CCCCC2NC)no1. The molecule has 1 fully saturated rings. The van der Waals surface area contributed by atoms with E-state index in [1.54, 1.807) is 0 Å². The van der Waals surface area contributed by atoms with Crippen molar-refractivity contribution in [2.24, 2.45) is 0 Å². The van der Waals surface area contributed by atoms with Crippen molar-refractivity contribution in [2.75, 3.05) is 7.05 Å². The standard InChI is InChI=1S/C12H21N3O2/c1-3-12-14-11(15-17-12)8-16-10-7-5-4-6-9(10)13-2/h9-10,13H,3-8H2,1-2H3. The summed E-state index contributed by atoms with van der Waals surface area (Å²) in [6, 6.07) is 0.460. The van der Waals surface area contributed by atoms with Crippen LogP contribution in [-0.2, 0) is 17.8 Å². The van der Waals surface area contributed by atoms with Crippen molar-refractivity contribution >= 4 is 0 Å². The summed E-state index contributed by atoms with van der Waals surface area (Å²) in [4.78, 5) is 4.24. The molecule has 0 aliphatic heterocycles. The Morgan fingerprint density at radius 2 is 2.24 bits per heavy atom. The molecule has 1 aromatic rings. The number of nitrogens with zero attached hydrogens (tertiary/aromatic N) is 2. The van der Waals surface area contributed by atoms with Gasteiger partial charge >= 0.3 is 0 Å². The summed E-state index contributed by atoms with van der Waals surface area (Å²) in [5.41, 5.74) is 0. The van der Waals surface area contributed by atoms with E-state index in [1.165, 1.54) is 19.3 Å². The molecule has 1 aromatic heterocycles. The van der Waals surface area contributed by atoms with Crippen LogP contribution in [0.3, 0.4) is 0 Å². The first-order valence-corrected chi connectivity index (χ1v) is 6.43. The highest BCUT2D eigenvalue weighted by Gasteiger charge is 2.24. The Hall–Kier alpha value is -0.940. The molecule has 2 rings (SSSR count). The molecule has 2 atom stereocenters. The van der Waals surface area contributed by atoms with E-state index < -0.39 is 0 Å². The van der Waals surface area contributed by atoms with Crippen molar-refractivity contribution in [3.63, 3.8) is 0 Å². The lowest BCUT2D eigenvalue weighted by atomic mass is 9.92. The van der Waals surface area contributed by atoms with Crippen LogP contribution in [0.15, 0.2) is 4.52 Å². The van der Waals surface area contributed by atoms with Gasteiger partial charge in [-0.05, 0) is 19.9 Å². The van der Waals surface area contributed by atoms with Gasteiger partial charge in [0, 0.05) is 12.5 Å². The van der Waals surface area contributed by atoms with Gasteiger partial charge in [-0.15, -0.1) is 0 Å². The van der Waals surface area contributed by atoms with Gasteiger partial charge in [0.05, 0.1) is 6.10 Å². The molecule has 0 saturated heterocycles. The molecule has 2 unspecified atom stereocenters. The number of nitrogens with one attached hydrogen (secondary N) is 1. The van der Waals surface area contributed by atoms with Gasteiger partial charge in [-0.3, -0.25) is 0 Å². The van der Waals surface area contributed by atoms with Gasteiger partial charge in [-0.1, -0.05) is 24.9 Å². The smallest absolute Gasteiger partial charge is 0.226 e. The first-order valence-electron chi connectivity index (χ1n) is 6.43. The summed E-state index contributed by atoms with van der Waals surface area (Å²) >= 11 is 0. The fraction of sp³-hybridized carbons (Fsp3) is 0.833. The molecule has 0 bridgehead atoms. The van der Waals surface area contributed by atoms with Crippen LogP contribution < -0.4 is 5.32 Å². The maximum Gasteiger partial charge on any atom is 0.226 e.